The lowest BCUT2D eigenvalue weighted by molar-refractivity contribution is 0.106. The molecule has 1 fully saturated rings. The van der Waals surface area contributed by atoms with Crippen LogP contribution in [0.3, 0.4) is 0 Å². The van der Waals surface area contributed by atoms with Crippen molar-refractivity contribution in [1.29, 1.82) is 0 Å². The zero-order valence-corrected chi connectivity index (χ0v) is 10.0. The standard InChI is InChI=1S/C11H25N3/c1-9(12)10(2)14-7-5-11(6-8-14)13(3)4/h9-11H,5-8,12H2,1-4H3. The molecule has 1 aliphatic heterocycles. The maximum Gasteiger partial charge on any atom is 0.0216 e. The third-order valence-corrected chi connectivity index (χ3v) is 3.57. The number of hydrogen-bond acceptors (Lipinski definition) is 3. The Morgan fingerprint density at radius 1 is 1.21 bits per heavy atom. The van der Waals surface area contributed by atoms with Gasteiger partial charge in [-0.25, -0.2) is 0 Å². The molecule has 2 unspecified atom stereocenters. The van der Waals surface area contributed by atoms with Crippen LogP contribution in [0.5, 0.6) is 0 Å². The van der Waals surface area contributed by atoms with Crippen LogP contribution in [0, 0.1) is 0 Å². The molecule has 0 aliphatic carbocycles. The summed E-state index contributed by atoms with van der Waals surface area (Å²) in [5, 5.41) is 0. The van der Waals surface area contributed by atoms with Crippen LogP contribution in [-0.2, 0) is 0 Å². The minimum Gasteiger partial charge on any atom is -0.327 e. The molecule has 2 N–H and O–H groups in total. The molecule has 14 heavy (non-hydrogen) atoms. The quantitative estimate of drug-likeness (QED) is 0.728. The highest BCUT2D eigenvalue weighted by Crippen LogP contribution is 2.16. The van der Waals surface area contributed by atoms with Gasteiger partial charge in [-0.05, 0) is 53.9 Å². The Balaban J connectivity index is 2.35. The summed E-state index contributed by atoms with van der Waals surface area (Å²) in [7, 11) is 4.35. The van der Waals surface area contributed by atoms with Gasteiger partial charge in [-0.15, -0.1) is 0 Å². The molecule has 0 aromatic rings. The molecule has 0 aromatic heterocycles. The van der Waals surface area contributed by atoms with E-state index in [4.69, 9.17) is 5.73 Å². The molecule has 0 spiro atoms. The second kappa shape index (κ2) is 5.10. The zero-order valence-electron chi connectivity index (χ0n) is 10.0. The Kier molecular flexibility index (Phi) is 4.35. The highest BCUT2D eigenvalue weighted by molar-refractivity contribution is 4.82. The molecular formula is C11H25N3. The summed E-state index contributed by atoms with van der Waals surface area (Å²) >= 11 is 0. The fourth-order valence-corrected chi connectivity index (χ4v) is 2.14. The van der Waals surface area contributed by atoms with Gasteiger partial charge in [-0.2, -0.15) is 0 Å². The van der Waals surface area contributed by atoms with E-state index >= 15 is 0 Å². The van der Waals surface area contributed by atoms with E-state index in [9.17, 15) is 0 Å². The van der Waals surface area contributed by atoms with Crippen molar-refractivity contribution in [2.45, 2.75) is 44.8 Å². The highest BCUT2D eigenvalue weighted by Gasteiger charge is 2.24. The van der Waals surface area contributed by atoms with E-state index in [-0.39, 0.29) is 6.04 Å². The smallest absolute Gasteiger partial charge is 0.0216 e. The monoisotopic (exact) mass is 199 g/mol. The van der Waals surface area contributed by atoms with Crippen LogP contribution >= 0.6 is 0 Å². The first-order chi connectivity index (χ1) is 6.52. The molecule has 0 aromatic carbocycles. The first-order valence-corrected chi connectivity index (χ1v) is 5.68. The Morgan fingerprint density at radius 3 is 2.07 bits per heavy atom. The topological polar surface area (TPSA) is 32.5 Å². The Bertz CT molecular complexity index is 160. The molecule has 3 heteroatoms. The molecule has 1 rings (SSSR count). The number of piperidine rings is 1. The van der Waals surface area contributed by atoms with E-state index in [0.717, 1.165) is 6.04 Å². The van der Waals surface area contributed by atoms with Crippen LogP contribution in [0.1, 0.15) is 26.7 Å². The number of nitrogens with two attached hydrogens (primary N) is 1. The summed E-state index contributed by atoms with van der Waals surface area (Å²) < 4.78 is 0. The average Bonchev–Trinajstić information content (AvgIpc) is 2.16. The van der Waals surface area contributed by atoms with Gasteiger partial charge in [0.25, 0.3) is 0 Å². The SMILES string of the molecule is CC(N)C(C)N1CCC(N(C)C)CC1. The first kappa shape index (κ1) is 12.0. The van der Waals surface area contributed by atoms with E-state index in [2.05, 4.69) is 37.7 Å². The van der Waals surface area contributed by atoms with E-state index in [1.54, 1.807) is 0 Å². The van der Waals surface area contributed by atoms with Gasteiger partial charge in [0.2, 0.25) is 0 Å². The number of nitrogens with zero attached hydrogens (tertiary/aromatic N) is 2. The molecule has 0 amide bonds. The Hall–Kier alpha value is -0.120. The van der Waals surface area contributed by atoms with Gasteiger partial charge in [0, 0.05) is 18.1 Å². The van der Waals surface area contributed by atoms with Crippen molar-refractivity contribution in [2.24, 2.45) is 5.73 Å². The van der Waals surface area contributed by atoms with Crippen molar-refractivity contribution in [3.05, 3.63) is 0 Å². The average molecular weight is 199 g/mol. The fraction of sp³-hybridized carbons (Fsp3) is 1.00. The molecular weight excluding hydrogens is 174 g/mol. The second-order valence-corrected chi connectivity index (χ2v) is 4.83. The molecule has 0 radical (unpaired) electrons. The molecule has 1 saturated heterocycles. The molecule has 84 valence electrons. The lowest BCUT2D eigenvalue weighted by Crippen LogP contribution is -2.50. The molecule has 0 bridgehead atoms. The van der Waals surface area contributed by atoms with E-state index < -0.39 is 0 Å². The molecule has 1 aliphatic rings. The van der Waals surface area contributed by atoms with E-state index in [1.165, 1.54) is 25.9 Å². The maximum absolute atomic E-state index is 5.91. The van der Waals surface area contributed by atoms with Gasteiger partial charge in [0.1, 0.15) is 0 Å². The summed E-state index contributed by atoms with van der Waals surface area (Å²) in [6, 6.07) is 1.58. The van der Waals surface area contributed by atoms with Crippen LogP contribution < -0.4 is 5.73 Å². The minimum atomic E-state index is 0.283. The first-order valence-electron chi connectivity index (χ1n) is 5.68. The minimum absolute atomic E-state index is 0.283. The second-order valence-electron chi connectivity index (χ2n) is 4.83. The predicted molar refractivity (Wildman–Crippen MR) is 61.4 cm³/mol. The fourth-order valence-electron chi connectivity index (χ4n) is 2.14. The number of hydrogen-bond donors (Lipinski definition) is 1. The molecule has 3 nitrogen and oxygen atoms in total. The molecule has 2 atom stereocenters. The lowest BCUT2D eigenvalue weighted by atomic mass is 10.0. The van der Waals surface area contributed by atoms with Gasteiger partial charge in [0.15, 0.2) is 0 Å². The normalized spacial score (nSPS) is 25.3. The van der Waals surface area contributed by atoms with Crippen molar-refractivity contribution in [3.8, 4) is 0 Å². The van der Waals surface area contributed by atoms with Crippen molar-refractivity contribution in [2.75, 3.05) is 27.2 Å². The Labute approximate surface area is 88.2 Å². The van der Waals surface area contributed by atoms with Gasteiger partial charge < -0.3 is 10.6 Å². The van der Waals surface area contributed by atoms with Crippen LogP contribution in [0.25, 0.3) is 0 Å². The third kappa shape index (κ3) is 2.94. The van der Waals surface area contributed by atoms with E-state index in [1.807, 2.05) is 0 Å². The maximum atomic E-state index is 5.91. The third-order valence-electron chi connectivity index (χ3n) is 3.57. The summed E-state index contributed by atoms with van der Waals surface area (Å²) in [6.45, 7) is 6.74. The van der Waals surface area contributed by atoms with Crippen molar-refractivity contribution in [1.82, 2.24) is 9.80 Å². The Morgan fingerprint density at radius 2 is 1.71 bits per heavy atom. The summed E-state index contributed by atoms with van der Waals surface area (Å²) in [4.78, 5) is 4.86. The molecule has 1 heterocycles. The predicted octanol–water partition coefficient (Wildman–Crippen LogP) is 0.748. The lowest BCUT2D eigenvalue weighted by Gasteiger charge is -2.39. The summed E-state index contributed by atoms with van der Waals surface area (Å²) in [6.07, 6.45) is 2.56. The van der Waals surface area contributed by atoms with Gasteiger partial charge in [-0.3, -0.25) is 4.90 Å². The van der Waals surface area contributed by atoms with Crippen molar-refractivity contribution in [3.63, 3.8) is 0 Å². The number of rotatable bonds is 3. The number of likely N-dealkylation sites (tertiary alicyclic amines) is 1. The van der Waals surface area contributed by atoms with Crippen molar-refractivity contribution < 1.29 is 0 Å². The van der Waals surface area contributed by atoms with Crippen molar-refractivity contribution >= 4 is 0 Å². The zero-order chi connectivity index (χ0) is 10.7. The van der Waals surface area contributed by atoms with Crippen LogP contribution in [-0.4, -0.2) is 55.1 Å². The highest BCUT2D eigenvalue weighted by atomic mass is 15.2. The van der Waals surface area contributed by atoms with E-state index in [0.29, 0.717) is 6.04 Å². The van der Waals surface area contributed by atoms with Gasteiger partial charge in [-0.1, -0.05) is 0 Å². The van der Waals surface area contributed by atoms with Crippen LogP contribution in [0.2, 0.25) is 0 Å². The van der Waals surface area contributed by atoms with Gasteiger partial charge in [0.05, 0.1) is 0 Å². The summed E-state index contributed by atoms with van der Waals surface area (Å²) in [5.74, 6) is 0. The van der Waals surface area contributed by atoms with Crippen LogP contribution in [0.15, 0.2) is 0 Å². The van der Waals surface area contributed by atoms with Crippen LogP contribution in [0.4, 0.5) is 0 Å². The van der Waals surface area contributed by atoms with Gasteiger partial charge >= 0.3 is 0 Å². The largest absolute Gasteiger partial charge is 0.327 e. The molecule has 0 saturated carbocycles. The summed E-state index contributed by atoms with van der Waals surface area (Å²) in [5.41, 5.74) is 5.91.